The molecule has 0 radical (unpaired) electrons. The first-order valence-electron chi connectivity index (χ1n) is 9.63. The molecule has 0 bridgehead atoms. The van der Waals surface area contributed by atoms with E-state index in [0.717, 1.165) is 6.07 Å². The molecule has 1 saturated heterocycles. The molecule has 0 unspecified atom stereocenters. The van der Waals surface area contributed by atoms with Crippen LogP contribution in [-0.4, -0.2) is 61.5 Å². The Kier molecular flexibility index (Phi) is 7.63. The standard InChI is InChI=1S/C22H20ClF3N2O4/c1-31-18-4-2-3-14(20(18)32-22(25)26)5-8-19(29)27-9-11-28(12-10-27)21(30)16-13-15(23)6-7-17(16)24/h2-8,13,22H,9-12H2,1H3. The highest BCUT2D eigenvalue weighted by molar-refractivity contribution is 6.31. The summed E-state index contributed by atoms with van der Waals surface area (Å²) in [7, 11) is 1.32. The number of methoxy groups -OCH3 is 1. The zero-order valence-corrected chi connectivity index (χ0v) is 17.8. The van der Waals surface area contributed by atoms with Crippen molar-refractivity contribution in [2.75, 3.05) is 33.3 Å². The van der Waals surface area contributed by atoms with E-state index in [4.69, 9.17) is 16.3 Å². The molecule has 10 heteroatoms. The van der Waals surface area contributed by atoms with Gasteiger partial charge in [0.25, 0.3) is 5.91 Å². The lowest BCUT2D eigenvalue weighted by atomic mass is 10.1. The van der Waals surface area contributed by atoms with E-state index in [1.54, 1.807) is 6.07 Å². The minimum Gasteiger partial charge on any atom is -0.493 e. The van der Waals surface area contributed by atoms with Crippen molar-refractivity contribution >= 4 is 29.5 Å². The molecule has 2 amide bonds. The number of carbonyl (C=O) groups is 2. The topological polar surface area (TPSA) is 59.1 Å². The summed E-state index contributed by atoms with van der Waals surface area (Å²) < 4.78 is 49.0. The van der Waals surface area contributed by atoms with E-state index in [2.05, 4.69) is 4.74 Å². The minimum absolute atomic E-state index is 0.111. The van der Waals surface area contributed by atoms with E-state index in [-0.39, 0.29) is 59.7 Å². The maximum absolute atomic E-state index is 14.0. The quantitative estimate of drug-likeness (QED) is 0.599. The van der Waals surface area contributed by atoms with Crippen molar-refractivity contribution < 1.29 is 32.2 Å². The molecule has 6 nitrogen and oxygen atoms in total. The molecule has 0 aliphatic carbocycles. The number of hydrogen-bond acceptors (Lipinski definition) is 4. The molecule has 0 spiro atoms. The van der Waals surface area contributed by atoms with Gasteiger partial charge in [-0.3, -0.25) is 9.59 Å². The maximum atomic E-state index is 14.0. The number of piperazine rings is 1. The number of alkyl halides is 2. The molecular formula is C22H20ClF3N2O4. The third-order valence-corrected chi connectivity index (χ3v) is 5.11. The van der Waals surface area contributed by atoms with E-state index < -0.39 is 18.3 Å². The van der Waals surface area contributed by atoms with Gasteiger partial charge in [-0.2, -0.15) is 8.78 Å². The lowest BCUT2D eigenvalue weighted by molar-refractivity contribution is -0.127. The molecule has 1 aliphatic heterocycles. The molecule has 2 aromatic carbocycles. The molecule has 0 atom stereocenters. The van der Waals surface area contributed by atoms with Crippen molar-refractivity contribution in [2.45, 2.75) is 6.61 Å². The van der Waals surface area contributed by atoms with E-state index >= 15 is 0 Å². The molecule has 32 heavy (non-hydrogen) atoms. The normalized spacial score (nSPS) is 14.2. The van der Waals surface area contributed by atoms with Gasteiger partial charge >= 0.3 is 6.61 Å². The van der Waals surface area contributed by atoms with Crippen LogP contribution in [0.25, 0.3) is 6.08 Å². The summed E-state index contributed by atoms with van der Waals surface area (Å²) in [4.78, 5) is 28.1. The summed E-state index contributed by atoms with van der Waals surface area (Å²) in [5, 5.41) is 0.251. The third-order valence-electron chi connectivity index (χ3n) is 4.88. The van der Waals surface area contributed by atoms with Gasteiger partial charge in [0.15, 0.2) is 11.5 Å². The first-order chi connectivity index (χ1) is 15.3. The highest BCUT2D eigenvalue weighted by Crippen LogP contribution is 2.33. The molecule has 1 fully saturated rings. The van der Waals surface area contributed by atoms with Crippen molar-refractivity contribution in [2.24, 2.45) is 0 Å². The van der Waals surface area contributed by atoms with E-state index in [9.17, 15) is 22.8 Å². The second-order valence-electron chi connectivity index (χ2n) is 6.83. The van der Waals surface area contributed by atoms with Gasteiger partial charge in [0.1, 0.15) is 5.82 Å². The summed E-state index contributed by atoms with van der Waals surface area (Å²) in [6.07, 6.45) is 2.60. The first kappa shape index (κ1) is 23.5. The summed E-state index contributed by atoms with van der Waals surface area (Å²) in [5.74, 6) is -1.59. The molecule has 3 rings (SSSR count). The Labute approximate surface area is 187 Å². The molecule has 170 valence electrons. The van der Waals surface area contributed by atoms with Crippen molar-refractivity contribution in [1.82, 2.24) is 9.80 Å². The lowest BCUT2D eigenvalue weighted by Crippen LogP contribution is -2.50. The largest absolute Gasteiger partial charge is 0.493 e. The first-order valence-corrected chi connectivity index (χ1v) is 10.0. The van der Waals surface area contributed by atoms with Gasteiger partial charge in [-0.15, -0.1) is 0 Å². The number of amides is 2. The summed E-state index contributed by atoms with van der Waals surface area (Å²) in [6.45, 7) is -2.17. The number of hydrogen-bond donors (Lipinski definition) is 0. The van der Waals surface area contributed by atoms with Gasteiger partial charge in [-0.25, -0.2) is 4.39 Å². The molecule has 2 aromatic rings. The van der Waals surface area contributed by atoms with Crippen LogP contribution >= 0.6 is 11.6 Å². The van der Waals surface area contributed by atoms with E-state index in [1.807, 2.05) is 0 Å². The fourth-order valence-corrected chi connectivity index (χ4v) is 3.44. The molecule has 1 aliphatic rings. The molecule has 0 aromatic heterocycles. The van der Waals surface area contributed by atoms with Crippen molar-refractivity contribution in [3.63, 3.8) is 0 Å². The number of carbonyl (C=O) groups excluding carboxylic acids is 2. The van der Waals surface area contributed by atoms with Gasteiger partial charge < -0.3 is 19.3 Å². The minimum atomic E-state index is -3.05. The van der Waals surface area contributed by atoms with Gasteiger partial charge in [-0.1, -0.05) is 23.7 Å². The molecular weight excluding hydrogens is 449 g/mol. The van der Waals surface area contributed by atoms with Gasteiger partial charge in [0, 0.05) is 42.8 Å². The summed E-state index contributed by atoms with van der Waals surface area (Å²) >= 11 is 5.85. The van der Waals surface area contributed by atoms with Crippen LogP contribution in [0.15, 0.2) is 42.5 Å². The fraction of sp³-hybridized carbons (Fsp3) is 0.273. The van der Waals surface area contributed by atoms with Crippen molar-refractivity contribution in [3.8, 4) is 11.5 Å². The van der Waals surface area contributed by atoms with Crippen molar-refractivity contribution in [3.05, 3.63) is 64.4 Å². The predicted molar refractivity (Wildman–Crippen MR) is 113 cm³/mol. The zero-order valence-electron chi connectivity index (χ0n) is 17.1. The van der Waals surface area contributed by atoms with Crippen LogP contribution in [0.2, 0.25) is 5.02 Å². The SMILES string of the molecule is COc1cccc(C=CC(=O)N2CCN(C(=O)c3cc(Cl)ccc3F)CC2)c1OC(F)F. The Hall–Kier alpha value is -3.20. The lowest BCUT2D eigenvalue weighted by Gasteiger charge is -2.34. The van der Waals surface area contributed by atoms with Crippen LogP contribution < -0.4 is 9.47 Å². The second kappa shape index (κ2) is 10.4. The number of para-hydroxylation sites is 1. The van der Waals surface area contributed by atoms with Crippen molar-refractivity contribution in [1.29, 1.82) is 0 Å². The highest BCUT2D eigenvalue weighted by Gasteiger charge is 2.26. The number of benzene rings is 2. The van der Waals surface area contributed by atoms with Crippen LogP contribution in [0.5, 0.6) is 11.5 Å². The number of nitrogens with zero attached hydrogens (tertiary/aromatic N) is 2. The van der Waals surface area contributed by atoms with Gasteiger partial charge in [0.2, 0.25) is 5.91 Å². The smallest absolute Gasteiger partial charge is 0.387 e. The third kappa shape index (κ3) is 5.53. The molecule has 0 N–H and O–H groups in total. The average Bonchev–Trinajstić information content (AvgIpc) is 2.79. The number of ether oxygens (including phenoxy) is 2. The van der Waals surface area contributed by atoms with Gasteiger partial charge in [0.05, 0.1) is 12.7 Å². The van der Waals surface area contributed by atoms with Crippen LogP contribution in [0, 0.1) is 5.82 Å². The van der Waals surface area contributed by atoms with Gasteiger partial charge in [-0.05, 0) is 30.3 Å². The summed E-state index contributed by atoms with van der Waals surface area (Å²) in [5.41, 5.74) is 0.130. The van der Waals surface area contributed by atoms with E-state index in [0.29, 0.717) is 0 Å². The fourth-order valence-electron chi connectivity index (χ4n) is 3.27. The van der Waals surface area contributed by atoms with E-state index in [1.165, 1.54) is 53.3 Å². The second-order valence-corrected chi connectivity index (χ2v) is 7.27. The predicted octanol–water partition coefficient (Wildman–Crippen LogP) is 4.09. The molecule has 1 heterocycles. The Balaban J connectivity index is 1.64. The zero-order chi connectivity index (χ0) is 23.3. The Bertz CT molecular complexity index is 1020. The van der Waals surface area contributed by atoms with Crippen LogP contribution in [0.3, 0.4) is 0 Å². The Morgan fingerprint density at radius 1 is 1.09 bits per heavy atom. The highest BCUT2D eigenvalue weighted by atomic mass is 35.5. The summed E-state index contributed by atoms with van der Waals surface area (Å²) in [6, 6.07) is 8.32. The Morgan fingerprint density at radius 2 is 1.78 bits per heavy atom. The van der Waals surface area contributed by atoms with Crippen LogP contribution in [0.1, 0.15) is 15.9 Å². The molecule has 0 saturated carbocycles. The average molecular weight is 469 g/mol. The van der Waals surface area contributed by atoms with Crippen LogP contribution in [0.4, 0.5) is 13.2 Å². The number of rotatable bonds is 6. The maximum Gasteiger partial charge on any atom is 0.387 e. The number of halogens is 4. The Morgan fingerprint density at radius 3 is 2.44 bits per heavy atom. The monoisotopic (exact) mass is 468 g/mol. The van der Waals surface area contributed by atoms with Crippen LogP contribution in [-0.2, 0) is 4.79 Å².